The van der Waals surface area contributed by atoms with Crippen molar-refractivity contribution >= 4 is 6.16 Å². The molecule has 0 spiro atoms. The summed E-state index contributed by atoms with van der Waals surface area (Å²) >= 11 is 0. The van der Waals surface area contributed by atoms with Crippen molar-refractivity contribution in [2.45, 2.75) is 59.0 Å². The zero-order chi connectivity index (χ0) is 12.4. The summed E-state index contributed by atoms with van der Waals surface area (Å²) in [6, 6.07) is 0. The van der Waals surface area contributed by atoms with Crippen LogP contribution in [-0.2, 0) is 19.2 Å². The minimum Gasteiger partial charge on any atom is -0.428 e. The van der Waals surface area contributed by atoms with Crippen molar-refractivity contribution in [2.75, 3.05) is 0 Å². The number of ether oxygens (including phenoxy) is 2. The van der Waals surface area contributed by atoms with Crippen molar-refractivity contribution < 1.29 is 24.0 Å². The van der Waals surface area contributed by atoms with Gasteiger partial charge in [0.2, 0.25) is 0 Å². The average molecular weight is 232 g/mol. The normalized spacial score (nSPS) is 18.4. The Morgan fingerprint density at radius 3 is 2.31 bits per heavy atom. The second kappa shape index (κ2) is 4.59. The molecule has 1 aliphatic heterocycles. The van der Waals surface area contributed by atoms with E-state index in [-0.39, 0.29) is 5.92 Å². The Morgan fingerprint density at radius 2 is 1.94 bits per heavy atom. The Balaban J connectivity index is 2.42. The molecular formula is C11H20O5. The number of rotatable bonds is 5. The van der Waals surface area contributed by atoms with Gasteiger partial charge in [0.25, 0.3) is 0 Å². The molecule has 16 heavy (non-hydrogen) atoms. The van der Waals surface area contributed by atoms with E-state index in [1.54, 1.807) is 0 Å². The lowest BCUT2D eigenvalue weighted by Crippen LogP contribution is -2.33. The molecule has 1 saturated heterocycles. The van der Waals surface area contributed by atoms with Gasteiger partial charge in [0.1, 0.15) is 5.60 Å². The Morgan fingerprint density at radius 1 is 1.38 bits per heavy atom. The Kier molecular flexibility index (Phi) is 3.80. The molecule has 0 bridgehead atoms. The van der Waals surface area contributed by atoms with Gasteiger partial charge in [0.05, 0.1) is 5.92 Å². The van der Waals surface area contributed by atoms with Gasteiger partial charge in [-0.05, 0) is 20.3 Å². The molecule has 1 fully saturated rings. The van der Waals surface area contributed by atoms with Crippen molar-refractivity contribution in [1.82, 2.24) is 0 Å². The van der Waals surface area contributed by atoms with Crippen LogP contribution in [0.3, 0.4) is 0 Å². The van der Waals surface area contributed by atoms with Crippen LogP contribution in [0.1, 0.15) is 47.5 Å². The van der Waals surface area contributed by atoms with Crippen molar-refractivity contribution in [3.63, 3.8) is 0 Å². The van der Waals surface area contributed by atoms with Crippen LogP contribution in [0.15, 0.2) is 0 Å². The zero-order valence-corrected chi connectivity index (χ0v) is 10.5. The molecule has 0 atom stereocenters. The van der Waals surface area contributed by atoms with E-state index in [0.29, 0.717) is 0 Å². The predicted octanol–water partition coefficient (Wildman–Crippen LogP) is 2.99. The van der Waals surface area contributed by atoms with Gasteiger partial charge >= 0.3 is 12.1 Å². The minimum atomic E-state index is -1.24. The maximum Gasteiger partial charge on any atom is 0.513 e. The first-order valence-corrected chi connectivity index (χ1v) is 5.60. The quantitative estimate of drug-likeness (QED) is 0.414. The molecule has 0 aliphatic carbocycles. The van der Waals surface area contributed by atoms with Gasteiger partial charge in [0, 0.05) is 0 Å². The van der Waals surface area contributed by atoms with Gasteiger partial charge in [0.15, 0.2) is 0 Å². The molecule has 0 saturated carbocycles. The maximum atomic E-state index is 11.5. The predicted molar refractivity (Wildman–Crippen MR) is 56.3 cm³/mol. The molecule has 0 aromatic rings. The van der Waals surface area contributed by atoms with Crippen LogP contribution >= 0.6 is 0 Å². The molecular weight excluding hydrogens is 212 g/mol. The first-order valence-electron chi connectivity index (χ1n) is 5.60. The summed E-state index contributed by atoms with van der Waals surface area (Å²) in [7, 11) is 0. The molecule has 5 heteroatoms. The van der Waals surface area contributed by atoms with Crippen LogP contribution < -0.4 is 0 Å². The van der Waals surface area contributed by atoms with Gasteiger partial charge in [-0.15, -0.1) is 0 Å². The summed E-state index contributed by atoms with van der Waals surface area (Å²) in [5.74, 6) is -1.31. The van der Waals surface area contributed by atoms with E-state index in [9.17, 15) is 4.79 Å². The summed E-state index contributed by atoms with van der Waals surface area (Å²) < 4.78 is 10.2. The van der Waals surface area contributed by atoms with Crippen molar-refractivity contribution in [3.05, 3.63) is 0 Å². The van der Waals surface area contributed by atoms with Crippen LogP contribution in [0.5, 0.6) is 0 Å². The fraction of sp³-hybridized carbons (Fsp3) is 0.909. The third-order valence-corrected chi connectivity index (χ3v) is 2.39. The minimum absolute atomic E-state index is 0.0747. The molecule has 1 heterocycles. The number of carbonyl (C=O) groups is 1. The van der Waals surface area contributed by atoms with Gasteiger partial charge < -0.3 is 9.47 Å². The molecule has 1 rings (SSSR count). The highest BCUT2D eigenvalue weighted by Gasteiger charge is 2.57. The van der Waals surface area contributed by atoms with Crippen molar-refractivity contribution in [2.24, 2.45) is 5.92 Å². The molecule has 0 aromatic carbocycles. The lowest BCUT2D eigenvalue weighted by Gasteiger charge is -2.24. The second-order valence-electron chi connectivity index (χ2n) is 4.89. The van der Waals surface area contributed by atoms with E-state index in [0.717, 1.165) is 12.8 Å². The summed E-state index contributed by atoms with van der Waals surface area (Å²) in [5.41, 5.74) is -0.529. The van der Waals surface area contributed by atoms with Crippen molar-refractivity contribution in [3.8, 4) is 0 Å². The Labute approximate surface area is 95.9 Å². The van der Waals surface area contributed by atoms with Crippen LogP contribution in [0, 0.1) is 5.92 Å². The van der Waals surface area contributed by atoms with Crippen LogP contribution in [-0.4, -0.2) is 17.7 Å². The Bertz CT molecular complexity index is 255. The van der Waals surface area contributed by atoms with E-state index in [1.165, 1.54) is 0 Å². The third kappa shape index (κ3) is 3.35. The lowest BCUT2D eigenvalue weighted by atomic mass is 10.0. The first-order chi connectivity index (χ1) is 7.31. The van der Waals surface area contributed by atoms with Crippen LogP contribution in [0.25, 0.3) is 0 Å². The molecule has 94 valence electrons. The average Bonchev–Trinajstić information content (AvgIpc) is 2.83. The highest BCUT2D eigenvalue weighted by Crippen LogP contribution is 2.39. The maximum absolute atomic E-state index is 11.5. The fourth-order valence-electron chi connectivity index (χ4n) is 1.40. The summed E-state index contributed by atoms with van der Waals surface area (Å²) in [5, 5.41) is 0. The molecule has 0 radical (unpaired) electrons. The fourth-order valence-corrected chi connectivity index (χ4v) is 1.40. The highest BCUT2D eigenvalue weighted by molar-refractivity contribution is 5.61. The SMILES string of the molecule is CCCC(C)(C)OC(=O)OC1(C(C)C)OO1. The number of hydrogen-bond donors (Lipinski definition) is 0. The molecule has 1 aliphatic rings. The smallest absolute Gasteiger partial charge is 0.428 e. The standard InChI is InChI=1S/C11H20O5/c1-6-7-10(4,5)13-9(12)14-11(8(2)3)15-16-11/h8H,6-7H2,1-5H3. The van der Waals surface area contributed by atoms with E-state index in [2.05, 4.69) is 9.78 Å². The number of carbonyl (C=O) groups excluding carboxylic acids is 1. The highest BCUT2D eigenvalue weighted by atomic mass is 17.5. The second-order valence-corrected chi connectivity index (χ2v) is 4.89. The van der Waals surface area contributed by atoms with Crippen LogP contribution in [0.2, 0.25) is 0 Å². The first kappa shape index (κ1) is 13.3. The van der Waals surface area contributed by atoms with Gasteiger partial charge in [-0.2, -0.15) is 9.78 Å². The number of hydrogen-bond acceptors (Lipinski definition) is 5. The summed E-state index contributed by atoms with van der Waals surface area (Å²) in [4.78, 5) is 20.8. The lowest BCUT2D eigenvalue weighted by molar-refractivity contribution is -0.0957. The third-order valence-electron chi connectivity index (χ3n) is 2.39. The van der Waals surface area contributed by atoms with E-state index in [4.69, 9.17) is 9.47 Å². The van der Waals surface area contributed by atoms with Gasteiger partial charge in [-0.25, -0.2) is 4.79 Å². The topological polar surface area (TPSA) is 60.6 Å². The molecule has 0 unspecified atom stereocenters. The van der Waals surface area contributed by atoms with Crippen LogP contribution in [0.4, 0.5) is 4.79 Å². The summed E-state index contributed by atoms with van der Waals surface area (Å²) in [6.07, 6.45) is 0.950. The van der Waals surface area contributed by atoms with Gasteiger partial charge in [-0.1, -0.05) is 27.2 Å². The van der Waals surface area contributed by atoms with E-state index < -0.39 is 17.7 Å². The summed E-state index contributed by atoms with van der Waals surface area (Å²) in [6.45, 7) is 9.37. The van der Waals surface area contributed by atoms with Gasteiger partial charge in [-0.3, -0.25) is 0 Å². The molecule has 5 nitrogen and oxygen atoms in total. The zero-order valence-electron chi connectivity index (χ0n) is 10.5. The monoisotopic (exact) mass is 232 g/mol. The molecule has 0 amide bonds. The van der Waals surface area contributed by atoms with Crippen molar-refractivity contribution in [1.29, 1.82) is 0 Å². The van der Waals surface area contributed by atoms with E-state index in [1.807, 2.05) is 34.6 Å². The molecule has 0 aromatic heterocycles. The molecule has 0 N–H and O–H groups in total. The Hall–Kier alpha value is -0.810. The largest absolute Gasteiger partial charge is 0.513 e. The van der Waals surface area contributed by atoms with E-state index >= 15 is 0 Å².